The highest BCUT2D eigenvalue weighted by molar-refractivity contribution is 5.93. The molecule has 0 bridgehead atoms. The number of aliphatic hydroxyl groups excluding tert-OH is 2. The molecule has 1 fully saturated rings. The fourth-order valence-electron chi connectivity index (χ4n) is 3.50. The molecule has 168 valence electrons. The second-order valence-electron chi connectivity index (χ2n) is 9.56. The number of hydrogen-bond acceptors (Lipinski definition) is 5. The Kier molecular flexibility index (Phi) is 10.1. The van der Waals surface area contributed by atoms with Gasteiger partial charge in [-0.05, 0) is 39.0 Å². The number of aliphatic hydroxyl groups is 2. The normalized spacial score (nSPS) is 18.6. The first-order valence-electron chi connectivity index (χ1n) is 10.7. The minimum Gasteiger partial charge on any atom is -0.444 e. The number of amides is 2. The van der Waals surface area contributed by atoms with Gasteiger partial charge in [-0.3, -0.25) is 4.79 Å². The average Bonchev–Trinajstić information content (AvgIpc) is 2.63. The van der Waals surface area contributed by atoms with E-state index in [0.717, 1.165) is 25.7 Å². The van der Waals surface area contributed by atoms with Crippen molar-refractivity contribution in [1.29, 1.82) is 0 Å². The van der Waals surface area contributed by atoms with Crippen LogP contribution in [0.5, 0.6) is 0 Å². The number of carbonyl (C=O) groups is 2. The van der Waals surface area contributed by atoms with E-state index in [-0.39, 0.29) is 11.5 Å². The van der Waals surface area contributed by atoms with E-state index < -0.39 is 35.9 Å². The first-order chi connectivity index (χ1) is 13.4. The van der Waals surface area contributed by atoms with Crippen molar-refractivity contribution in [3.63, 3.8) is 0 Å². The fraction of sp³-hybridized carbons (Fsp3) is 0.818. The second-order valence-corrected chi connectivity index (χ2v) is 9.56. The van der Waals surface area contributed by atoms with Crippen LogP contribution in [0.1, 0.15) is 73.1 Å². The minimum absolute atomic E-state index is 0.113. The number of ether oxygens (including phenoxy) is 1. The summed E-state index contributed by atoms with van der Waals surface area (Å²) >= 11 is 0. The molecule has 2 amide bonds. The van der Waals surface area contributed by atoms with Crippen molar-refractivity contribution in [2.75, 3.05) is 6.54 Å². The van der Waals surface area contributed by atoms with Gasteiger partial charge in [0, 0.05) is 12.1 Å². The lowest BCUT2D eigenvalue weighted by Crippen LogP contribution is -2.52. The van der Waals surface area contributed by atoms with E-state index in [4.69, 9.17) is 4.74 Å². The topological polar surface area (TPSA) is 108 Å². The molecule has 0 aromatic carbocycles. The molecule has 7 heteroatoms. The Bertz CT molecular complexity index is 550. The average molecular weight is 413 g/mol. The lowest BCUT2D eigenvalue weighted by molar-refractivity contribution is -0.119. The van der Waals surface area contributed by atoms with Gasteiger partial charge >= 0.3 is 6.09 Å². The van der Waals surface area contributed by atoms with Gasteiger partial charge in [0.05, 0.1) is 6.04 Å². The molecule has 29 heavy (non-hydrogen) atoms. The first kappa shape index (κ1) is 25.4. The van der Waals surface area contributed by atoms with Gasteiger partial charge in [0.15, 0.2) is 0 Å². The molecule has 4 N–H and O–H groups in total. The number of alkyl carbamates (subject to hydrolysis) is 1. The summed E-state index contributed by atoms with van der Waals surface area (Å²) in [6.07, 6.45) is 2.49. The van der Waals surface area contributed by atoms with Crippen molar-refractivity contribution in [3.05, 3.63) is 12.2 Å². The zero-order valence-corrected chi connectivity index (χ0v) is 18.7. The van der Waals surface area contributed by atoms with Crippen molar-refractivity contribution >= 4 is 12.0 Å². The van der Waals surface area contributed by atoms with Crippen LogP contribution in [-0.2, 0) is 9.53 Å². The highest BCUT2D eigenvalue weighted by Crippen LogP contribution is 2.29. The van der Waals surface area contributed by atoms with Crippen LogP contribution < -0.4 is 10.6 Å². The van der Waals surface area contributed by atoms with Crippen LogP contribution in [-0.4, -0.2) is 52.6 Å². The predicted molar refractivity (Wildman–Crippen MR) is 113 cm³/mol. The maximum absolute atomic E-state index is 12.3. The number of rotatable bonds is 9. The summed E-state index contributed by atoms with van der Waals surface area (Å²) in [6, 6.07) is -0.738. The van der Waals surface area contributed by atoms with Gasteiger partial charge in [-0.25, -0.2) is 4.79 Å². The third kappa shape index (κ3) is 9.63. The van der Waals surface area contributed by atoms with Crippen molar-refractivity contribution in [1.82, 2.24) is 10.6 Å². The van der Waals surface area contributed by atoms with E-state index >= 15 is 0 Å². The summed E-state index contributed by atoms with van der Waals surface area (Å²) in [5.74, 6) is 0.0919. The van der Waals surface area contributed by atoms with Crippen molar-refractivity contribution in [2.24, 2.45) is 11.8 Å². The molecule has 1 saturated carbocycles. The van der Waals surface area contributed by atoms with Gasteiger partial charge < -0.3 is 25.6 Å². The molecule has 1 rings (SSSR count). The summed E-state index contributed by atoms with van der Waals surface area (Å²) in [5.41, 5.74) is -0.790. The summed E-state index contributed by atoms with van der Waals surface area (Å²) in [4.78, 5) is 24.5. The lowest BCUT2D eigenvalue weighted by Gasteiger charge is -2.33. The van der Waals surface area contributed by atoms with E-state index in [1.54, 1.807) is 20.8 Å². The van der Waals surface area contributed by atoms with Crippen LogP contribution in [0.25, 0.3) is 0 Å². The van der Waals surface area contributed by atoms with E-state index in [1.165, 1.54) is 6.42 Å². The van der Waals surface area contributed by atoms with Crippen LogP contribution in [0.2, 0.25) is 0 Å². The molecule has 1 aliphatic carbocycles. The highest BCUT2D eigenvalue weighted by Gasteiger charge is 2.34. The highest BCUT2D eigenvalue weighted by atomic mass is 16.6. The van der Waals surface area contributed by atoms with E-state index in [2.05, 4.69) is 17.2 Å². The summed E-state index contributed by atoms with van der Waals surface area (Å²) in [6.45, 7) is 13.3. The summed E-state index contributed by atoms with van der Waals surface area (Å²) in [7, 11) is 0. The molecule has 0 aliphatic heterocycles. The molecule has 0 spiro atoms. The molecular formula is C22H40N2O5. The SMILES string of the molecule is C=C(C(=O)NCC(C)C)C(O)[C@@H](O)[C@H](CC1CCCCC1)NC(=O)OC(C)(C)C. The van der Waals surface area contributed by atoms with Crippen LogP contribution in [0, 0.1) is 11.8 Å². The number of carbonyl (C=O) groups excluding carboxylic acids is 2. The zero-order valence-electron chi connectivity index (χ0n) is 18.7. The first-order valence-corrected chi connectivity index (χ1v) is 10.7. The summed E-state index contributed by atoms with van der Waals surface area (Å²) < 4.78 is 5.32. The standard InChI is InChI=1S/C22H40N2O5/c1-14(2)13-23-20(27)15(3)18(25)19(26)17(12-16-10-8-7-9-11-16)24-21(28)29-22(4,5)6/h14,16-19,25-26H,3,7-13H2,1-2,4-6H3,(H,23,27)(H,24,28)/t17-,18?,19-/m0/s1. The molecule has 0 heterocycles. The Hall–Kier alpha value is -1.60. The Balaban J connectivity index is 2.83. The minimum atomic E-state index is -1.48. The van der Waals surface area contributed by atoms with Crippen LogP contribution in [0.15, 0.2) is 12.2 Å². The fourth-order valence-corrected chi connectivity index (χ4v) is 3.50. The molecule has 0 saturated heterocycles. The van der Waals surface area contributed by atoms with Gasteiger partial charge in [0.1, 0.15) is 17.8 Å². The Morgan fingerprint density at radius 1 is 1.14 bits per heavy atom. The largest absolute Gasteiger partial charge is 0.444 e. The Morgan fingerprint density at radius 3 is 2.24 bits per heavy atom. The van der Waals surface area contributed by atoms with Crippen LogP contribution >= 0.6 is 0 Å². The second kappa shape index (κ2) is 11.6. The van der Waals surface area contributed by atoms with E-state index in [1.807, 2.05) is 13.8 Å². The molecular weight excluding hydrogens is 372 g/mol. The Morgan fingerprint density at radius 2 is 1.72 bits per heavy atom. The van der Waals surface area contributed by atoms with Crippen molar-refractivity contribution < 1.29 is 24.5 Å². The van der Waals surface area contributed by atoms with Crippen LogP contribution in [0.4, 0.5) is 4.79 Å². The molecule has 1 unspecified atom stereocenters. The van der Waals surface area contributed by atoms with Gasteiger partial charge in [-0.1, -0.05) is 52.5 Å². The maximum atomic E-state index is 12.3. The molecule has 7 nitrogen and oxygen atoms in total. The van der Waals surface area contributed by atoms with E-state index in [9.17, 15) is 19.8 Å². The smallest absolute Gasteiger partial charge is 0.407 e. The quantitative estimate of drug-likeness (QED) is 0.436. The third-order valence-electron chi connectivity index (χ3n) is 5.07. The number of hydrogen-bond donors (Lipinski definition) is 4. The maximum Gasteiger partial charge on any atom is 0.407 e. The Labute approximate surface area is 175 Å². The molecule has 0 aromatic heterocycles. The van der Waals surface area contributed by atoms with Gasteiger partial charge in [0.25, 0.3) is 0 Å². The predicted octanol–water partition coefficient (Wildman–Crippen LogP) is 2.90. The molecule has 0 aromatic rings. The van der Waals surface area contributed by atoms with Gasteiger partial charge in [-0.15, -0.1) is 0 Å². The number of nitrogens with one attached hydrogen (secondary N) is 2. The third-order valence-corrected chi connectivity index (χ3v) is 5.07. The van der Waals surface area contributed by atoms with Gasteiger partial charge in [0.2, 0.25) is 5.91 Å². The monoisotopic (exact) mass is 412 g/mol. The molecule has 1 aliphatic rings. The molecule has 3 atom stereocenters. The van der Waals surface area contributed by atoms with Crippen molar-refractivity contribution in [2.45, 2.75) is 97.0 Å². The molecule has 0 radical (unpaired) electrons. The van der Waals surface area contributed by atoms with Crippen LogP contribution in [0.3, 0.4) is 0 Å². The lowest BCUT2D eigenvalue weighted by atomic mass is 9.82. The van der Waals surface area contributed by atoms with Crippen molar-refractivity contribution in [3.8, 4) is 0 Å². The summed E-state index contributed by atoms with van der Waals surface area (Å²) in [5, 5.41) is 26.7. The van der Waals surface area contributed by atoms with Gasteiger partial charge in [-0.2, -0.15) is 0 Å². The zero-order chi connectivity index (χ0) is 22.2. The van der Waals surface area contributed by atoms with E-state index in [0.29, 0.717) is 18.9 Å².